The van der Waals surface area contributed by atoms with Crippen molar-refractivity contribution in [2.24, 2.45) is 0 Å². The molecule has 0 heterocycles. The molecule has 1 unspecified atom stereocenters. The van der Waals surface area contributed by atoms with E-state index in [1.807, 2.05) is 18.2 Å². The van der Waals surface area contributed by atoms with Crippen molar-refractivity contribution in [1.82, 2.24) is 5.32 Å². The van der Waals surface area contributed by atoms with E-state index in [4.69, 9.17) is 29.6 Å². The number of hydrogen-bond donors (Lipinski definition) is 1. The second kappa shape index (κ2) is 6.81. The summed E-state index contributed by atoms with van der Waals surface area (Å²) in [5, 5.41) is 4.68. The molecule has 0 aliphatic rings. The van der Waals surface area contributed by atoms with Crippen LogP contribution < -0.4 is 5.32 Å². The molecule has 3 heteroatoms. The largest absolute Gasteiger partial charge is 0.309 e. The van der Waals surface area contributed by atoms with E-state index in [9.17, 15) is 0 Å². The van der Waals surface area contributed by atoms with Gasteiger partial charge in [-0.3, -0.25) is 0 Å². The third-order valence-corrected chi connectivity index (χ3v) is 2.97. The maximum Gasteiger partial charge on any atom is 0.0469 e. The number of benzene rings is 1. The topological polar surface area (TPSA) is 12.0 Å². The second-order valence-electron chi connectivity index (χ2n) is 3.55. The van der Waals surface area contributed by atoms with Crippen molar-refractivity contribution in [2.75, 3.05) is 6.54 Å². The average Bonchev–Trinajstić information content (AvgIpc) is 2.25. The normalized spacial score (nSPS) is 12.1. The maximum absolute atomic E-state index is 6.15. The summed E-state index contributed by atoms with van der Waals surface area (Å²) >= 11 is 12.3. The van der Waals surface area contributed by atoms with Gasteiger partial charge in [0.05, 0.1) is 0 Å². The first-order valence-electron chi connectivity index (χ1n) is 5.31. The Bertz CT molecular complexity index is 362. The fourth-order valence-corrected chi connectivity index (χ4v) is 2.22. The summed E-state index contributed by atoms with van der Waals surface area (Å²) in [6, 6.07) is 5.53. The molecule has 0 fully saturated rings. The molecule has 0 radical (unpaired) electrons. The molecule has 1 rings (SSSR count). The SMILES string of the molecule is C#CCC(NCCC)c1c(Cl)cccc1Cl. The van der Waals surface area contributed by atoms with Crippen molar-refractivity contribution >= 4 is 23.2 Å². The minimum absolute atomic E-state index is 0.0335. The molecule has 0 aromatic heterocycles. The maximum atomic E-state index is 6.15. The summed E-state index contributed by atoms with van der Waals surface area (Å²) in [7, 11) is 0. The Balaban J connectivity index is 2.96. The lowest BCUT2D eigenvalue weighted by molar-refractivity contribution is 0.543. The van der Waals surface area contributed by atoms with Crippen LogP contribution in [0.15, 0.2) is 18.2 Å². The van der Waals surface area contributed by atoms with Gasteiger partial charge in [-0.2, -0.15) is 0 Å². The minimum atomic E-state index is 0.0335. The second-order valence-corrected chi connectivity index (χ2v) is 4.36. The highest BCUT2D eigenvalue weighted by molar-refractivity contribution is 6.36. The van der Waals surface area contributed by atoms with E-state index >= 15 is 0 Å². The monoisotopic (exact) mass is 255 g/mol. The molecular weight excluding hydrogens is 241 g/mol. The van der Waals surface area contributed by atoms with Gasteiger partial charge in [0.1, 0.15) is 0 Å². The van der Waals surface area contributed by atoms with E-state index in [2.05, 4.69) is 18.2 Å². The lowest BCUT2D eigenvalue weighted by atomic mass is 10.0. The van der Waals surface area contributed by atoms with Crippen LogP contribution in [0.4, 0.5) is 0 Å². The standard InChI is InChI=1S/C13H15Cl2N/c1-3-6-12(16-9-4-2)13-10(14)7-5-8-11(13)15/h1,5,7-8,12,16H,4,6,9H2,2H3. The third kappa shape index (κ3) is 3.42. The molecule has 1 aromatic carbocycles. The van der Waals surface area contributed by atoms with E-state index in [0.717, 1.165) is 18.5 Å². The van der Waals surface area contributed by atoms with Crippen LogP contribution in [-0.4, -0.2) is 6.54 Å². The van der Waals surface area contributed by atoms with Crippen molar-refractivity contribution in [1.29, 1.82) is 0 Å². The lowest BCUT2D eigenvalue weighted by Crippen LogP contribution is -2.22. The zero-order chi connectivity index (χ0) is 12.0. The smallest absolute Gasteiger partial charge is 0.0469 e. The van der Waals surface area contributed by atoms with E-state index < -0.39 is 0 Å². The molecule has 0 amide bonds. The van der Waals surface area contributed by atoms with Crippen LogP contribution in [-0.2, 0) is 0 Å². The first-order valence-corrected chi connectivity index (χ1v) is 6.07. The van der Waals surface area contributed by atoms with Gasteiger partial charge in [0.25, 0.3) is 0 Å². The first-order chi connectivity index (χ1) is 7.70. The Hall–Kier alpha value is -0.680. The Labute approximate surface area is 107 Å². The highest BCUT2D eigenvalue weighted by Crippen LogP contribution is 2.31. The number of hydrogen-bond acceptors (Lipinski definition) is 1. The number of halogens is 2. The summed E-state index contributed by atoms with van der Waals surface area (Å²) in [5.41, 5.74) is 0.900. The molecule has 0 saturated carbocycles. The van der Waals surface area contributed by atoms with Gasteiger partial charge in [-0.05, 0) is 25.1 Å². The van der Waals surface area contributed by atoms with E-state index in [-0.39, 0.29) is 6.04 Å². The molecule has 86 valence electrons. The third-order valence-electron chi connectivity index (χ3n) is 2.31. The van der Waals surface area contributed by atoms with Crippen LogP contribution in [0.2, 0.25) is 10.0 Å². The molecule has 0 aliphatic carbocycles. The van der Waals surface area contributed by atoms with Gasteiger partial charge >= 0.3 is 0 Å². The highest BCUT2D eigenvalue weighted by Gasteiger charge is 2.16. The predicted molar refractivity (Wildman–Crippen MR) is 70.9 cm³/mol. The molecule has 1 atom stereocenters. The van der Waals surface area contributed by atoms with Crippen LogP contribution in [0.3, 0.4) is 0 Å². The van der Waals surface area contributed by atoms with Gasteiger partial charge in [-0.25, -0.2) is 0 Å². The van der Waals surface area contributed by atoms with Crippen molar-refractivity contribution in [3.05, 3.63) is 33.8 Å². The molecular formula is C13H15Cl2N. The zero-order valence-electron chi connectivity index (χ0n) is 9.26. The Morgan fingerprint density at radius 3 is 2.50 bits per heavy atom. The van der Waals surface area contributed by atoms with Crippen molar-refractivity contribution < 1.29 is 0 Å². The molecule has 1 nitrogen and oxygen atoms in total. The quantitative estimate of drug-likeness (QED) is 0.783. The average molecular weight is 256 g/mol. The fraction of sp³-hybridized carbons (Fsp3) is 0.385. The van der Waals surface area contributed by atoms with Crippen LogP contribution in [0.25, 0.3) is 0 Å². The van der Waals surface area contributed by atoms with Crippen LogP contribution >= 0.6 is 23.2 Å². The molecule has 16 heavy (non-hydrogen) atoms. The summed E-state index contributed by atoms with van der Waals surface area (Å²) in [5.74, 6) is 2.65. The van der Waals surface area contributed by atoms with Crippen molar-refractivity contribution in [3.63, 3.8) is 0 Å². The van der Waals surface area contributed by atoms with E-state index in [1.54, 1.807) is 0 Å². The van der Waals surface area contributed by atoms with Crippen molar-refractivity contribution in [3.8, 4) is 12.3 Å². The van der Waals surface area contributed by atoms with Gasteiger partial charge in [-0.1, -0.05) is 36.2 Å². The summed E-state index contributed by atoms with van der Waals surface area (Å²) in [4.78, 5) is 0. The van der Waals surface area contributed by atoms with Crippen molar-refractivity contribution in [2.45, 2.75) is 25.8 Å². The van der Waals surface area contributed by atoms with Crippen LogP contribution in [0.5, 0.6) is 0 Å². The van der Waals surface area contributed by atoms with E-state index in [0.29, 0.717) is 16.5 Å². The molecule has 0 saturated heterocycles. The highest BCUT2D eigenvalue weighted by atomic mass is 35.5. The number of rotatable bonds is 5. The van der Waals surface area contributed by atoms with Gasteiger partial charge in [0.15, 0.2) is 0 Å². The molecule has 0 spiro atoms. The van der Waals surface area contributed by atoms with Gasteiger partial charge in [0, 0.05) is 28.1 Å². The first kappa shape index (κ1) is 13.4. The number of terminal acetylenes is 1. The number of nitrogens with one attached hydrogen (secondary N) is 1. The zero-order valence-corrected chi connectivity index (χ0v) is 10.8. The minimum Gasteiger partial charge on any atom is -0.309 e. The molecule has 1 N–H and O–H groups in total. The molecule has 1 aromatic rings. The van der Waals surface area contributed by atoms with Gasteiger partial charge in [-0.15, -0.1) is 12.3 Å². The summed E-state index contributed by atoms with van der Waals surface area (Å²) in [6.07, 6.45) is 6.99. The van der Waals surface area contributed by atoms with Crippen LogP contribution in [0.1, 0.15) is 31.4 Å². The Morgan fingerprint density at radius 1 is 1.38 bits per heavy atom. The summed E-state index contributed by atoms with van der Waals surface area (Å²) < 4.78 is 0. The predicted octanol–water partition coefficient (Wildman–Crippen LogP) is 4.06. The van der Waals surface area contributed by atoms with Crippen LogP contribution in [0, 0.1) is 12.3 Å². The summed E-state index contributed by atoms with van der Waals surface area (Å²) in [6.45, 7) is 3.00. The Kier molecular flexibility index (Phi) is 5.69. The lowest BCUT2D eigenvalue weighted by Gasteiger charge is -2.19. The van der Waals surface area contributed by atoms with E-state index in [1.165, 1.54) is 0 Å². The molecule has 0 aliphatic heterocycles. The molecule has 0 bridgehead atoms. The van der Waals surface area contributed by atoms with Gasteiger partial charge < -0.3 is 5.32 Å². The van der Waals surface area contributed by atoms with Gasteiger partial charge in [0.2, 0.25) is 0 Å². The Morgan fingerprint density at radius 2 is 2.00 bits per heavy atom. The fourth-order valence-electron chi connectivity index (χ4n) is 1.56.